The van der Waals surface area contributed by atoms with Gasteiger partial charge in [-0.05, 0) is 31.3 Å². The van der Waals surface area contributed by atoms with E-state index in [2.05, 4.69) is 0 Å². The van der Waals surface area contributed by atoms with Crippen LogP contribution in [0.1, 0.15) is 25.5 Å². The number of hydrogen-bond acceptors (Lipinski definition) is 4. The Kier molecular flexibility index (Phi) is 5.63. The highest BCUT2D eigenvalue weighted by atomic mass is 16.5. The Morgan fingerprint density at radius 2 is 1.89 bits per heavy atom. The van der Waals surface area contributed by atoms with Gasteiger partial charge in [-0.1, -0.05) is 13.8 Å². The van der Waals surface area contributed by atoms with Crippen LogP contribution in [0.3, 0.4) is 0 Å². The Hall–Kier alpha value is -1.75. The molecule has 19 heavy (non-hydrogen) atoms. The van der Waals surface area contributed by atoms with Crippen LogP contribution in [-0.2, 0) is 4.79 Å². The van der Waals surface area contributed by atoms with E-state index in [1.54, 1.807) is 25.3 Å². The third kappa shape index (κ3) is 3.38. The third-order valence-corrected chi connectivity index (χ3v) is 3.14. The molecule has 1 aromatic carbocycles. The summed E-state index contributed by atoms with van der Waals surface area (Å²) in [6.07, 6.45) is 0. The fourth-order valence-electron chi connectivity index (χ4n) is 2.13. The number of methoxy groups -OCH3 is 2. The molecule has 0 aliphatic carbocycles. The van der Waals surface area contributed by atoms with Crippen molar-refractivity contribution in [2.45, 2.75) is 19.9 Å². The van der Waals surface area contributed by atoms with Gasteiger partial charge >= 0.3 is 5.97 Å². The molecule has 0 fully saturated rings. The number of likely N-dealkylation sites (N-methyl/N-ethyl adjacent to an activating group) is 1. The van der Waals surface area contributed by atoms with Crippen molar-refractivity contribution in [1.29, 1.82) is 0 Å². The molecule has 5 heteroatoms. The van der Waals surface area contributed by atoms with Crippen LogP contribution in [0.5, 0.6) is 11.5 Å². The van der Waals surface area contributed by atoms with Crippen LogP contribution < -0.4 is 9.47 Å². The maximum Gasteiger partial charge on any atom is 0.325 e. The molecular weight excluding hydrogens is 246 g/mol. The number of carboxylic acids is 1. The molecule has 0 radical (unpaired) electrons. The van der Waals surface area contributed by atoms with Gasteiger partial charge in [0.2, 0.25) is 0 Å². The van der Waals surface area contributed by atoms with Crippen molar-refractivity contribution < 1.29 is 19.4 Å². The zero-order valence-electron chi connectivity index (χ0n) is 11.8. The summed E-state index contributed by atoms with van der Waals surface area (Å²) >= 11 is 0. The minimum absolute atomic E-state index is 0.556. The van der Waals surface area contributed by atoms with Gasteiger partial charge in [-0.3, -0.25) is 9.69 Å². The largest absolute Gasteiger partial charge is 0.497 e. The Balaban J connectivity index is 3.31. The number of carbonyl (C=O) groups is 1. The third-order valence-electron chi connectivity index (χ3n) is 3.14. The average Bonchev–Trinajstić information content (AvgIpc) is 2.43. The predicted octanol–water partition coefficient (Wildman–Crippen LogP) is 2.17. The van der Waals surface area contributed by atoms with Gasteiger partial charge in [-0.2, -0.15) is 0 Å². The van der Waals surface area contributed by atoms with E-state index >= 15 is 0 Å². The monoisotopic (exact) mass is 267 g/mol. The zero-order valence-corrected chi connectivity index (χ0v) is 11.8. The Morgan fingerprint density at radius 3 is 2.32 bits per heavy atom. The molecule has 0 amide bonds. The zero-order chi connectivity index (χ0) is 14.4. The first-order valence-corrected chi connectivity index (χ1v) is 6.27. The van der Waals surface area contributed by atoms with E-state index in [4.69, 9.17) is 9.47 Å². The Bertz CT molecular complexity index is 429. The lowest BCUT2D eigenvalue weighted by atomic mass is 10.0. The first kappa shape index (κ1) is 15.3. The SMILES string of the molecule is CCN(CC)C(C(=O)O)c1cc(OC)ccc1OC. The van der Waals surface area contributed by atoms with Crippen molar-refractivity contribution in [3.8, 4) is 11.5 Å². The molecule has 1 aromatic rings. The van der Waals surface area contributed by atoms with E-state index in [0.717, 1.165) is 0 Å². The summed E-state index contributed by atoms with van der Waals surface area (Å²) in [4.78, 5) is 13.4. The van der Waals surface area contributed by atoms with Gasteiger partial charge in [0, 0.05) is 5.56 Å². The van der Waals surface area contributed by atoms with Crippen molar-refractivity contribution >= 4 is 5.97 Å². The number of hydrogen-bond donors (Lipinski definition) is 1. The molecule has 1 N–H and O–H groups in total. The molecule has 0 saturated carbocycles. The Morgan fingerprint density at radius 1 is 1.26 bits per heavy atom. The summed E-state index contributed by atoms with van der Waals surface area (Å²) in [6, 6.07) is 4.47. The van der Waals surface area contributed by atoms with E-state index in [1.165, 1.54) is 7.11 Å². The van der Waals surface area contributed by atoms with Crippen LogP contribution in [0, 0.1) is 0 Å². The Labute approximate surface area is 113 Å². The number of nitrogens with zero attached hydrogens (tertiary/aromatic N) is 1. The van der Waals surface area contributed by atoms with E-state index in [9.17, 15) is 9.90 Å². The van der Waals surface area contributed by atoms with Gasteiger partial charge < -0.3 is 14.6 Å². The first-order valence-electron chi connectivity index (χ1n) is 6.27. The molecule has 0 heterocycles. The highest BCUT2D eigenvalue weighted by Crippen LogP contribution is 2.32. The van der Waals surface area contributed by atoms with Crippen molar-refractivity contribution in [2.24, 2.45) is 0 Å². The molecule has 0 saturated heterocycles. The van der Waals surface area contributed by atoms with Gasteiger partial charge in [-0.15, -0.1) is 0 Å². The van der Waals surface area contributed by atoms with E-state index in [-0.39, 0.29) is 0 Å². The molecule has 1 unspecified atom stereocenters. The van der Waals surface area contributed by atoms with Gasteiger partial charge in [0.25, 0.3) is 0 Å². The van der Waals surface area contributed by atoms with Gasteiger partial charge in [-0.25, -0.2) is 0 Å². The van der Waals surface area contributed by atoms with Crippen LogP contribution in [0.25, 0.3) is 0 Å². The lowest BCUT2D eigenvalue weighted by Gasteiger charge is -2.27. The topological polar surface area (TPSA) is 59.0 Å². The molecule has 0 aromatic heterocycles. The molecule has 1 rings (SSSR count). The molecule has 0 bridgehead atoms. The van der Waals surface area contributed by atoms with Crippen molar-refractivity contribution in [1.82, 2.24) is 4.90 Å². The lowest BCUT2D eigenvalue weighted by Crippen LogP contribution is -2.34. The summed E-state index contributed by atoms with van der Waals surface area (Å²) in [5, 5.41) is 9.50. The quantitative estimate of drug-likeness (QED) is 0.820. The van der Waals surface area contributed by atoms with Crippen LogP contribution in [0.4, 0.5) is 0 Å². The molecule has 5 nitrogen and oxygen atoms in total. The minimum atomic E-state index is -0.893. The second-order valence-electron chi connectivity index (χ2n) is 4.07. The second-order valence-corrected chi connectivity index (χ2v) is 4.07. The van der Waals surface area contributed by atoms with Crippen LogP contribution in [0.15, 0.2) is 18.2 Å². The maximum absolute atomic E-state index is 11.6. The predicted molar refractivity (Wildman–Crippen MR) is 72.8 cm³/mol. The van der Waals surface area contributed by atoms with Crippen LogP contribution in [0.2, 0.25) is 0 Å². The maximum atomic E-state index is 11.6. The number of carboxylic acid groups (broad SMARTS) is 1. The summed E-state index contributed by atoms with van der Waals surface area (Å²) in [6.45, 7) is 5.17. The first-order chi connectivity index (χ1) is 9.08. The van der Waals surface area contributed by atoms with Crippen molar-refractivity contribution in [3.05, 3.63) is 23.8 Å². The number of rotatable bonds is 7. The summed E-state index contributed by atoms with van der Waals surface area (Å²) in [5.74, 6) is 0.282. The van der Waals surface area contributed by atoms with E-state index in [1.807, 2.05) is 18.7 Å². The average molecular weight is 267 g/mol. The molecule has 1 atom stereocenters. The van der Waals surface area contributed by atoms with Gasteiger partial charge in [0.1, 0.15) is 17.5 Å². The van der Waals surface area contributed by atoms with Gasteiger partial charge in [0.15, 0.2) is 0 Å². The number of benzene rings is 1. The van der Waals surface area contributed by atoms with Gasteiger partial charge in [0.05, 0.1) is 14.2 Å². The molecule has 0 aliphatic rings. The molecule has 106 valence electrons. The summed E-state index contributed by atoms with van der Waals surface area (Å²) in [5.41, 5.74) is 0.609. The van der Waals surface area contributed by atoms with E-state index in [0.29, 0.717) is 30.2 Å². The molecule has 0 spiro atoms. The summed E-state index contributed by atoms with van der Waals surface area (Å²) < 4.78 is 10.4. The smallest absolute Gasteiger partial charge is 0.325 e. The second kappa shape index (κ2) is 6.99. The fourth-order valence-corrected chi connectivity index (χ4v) is 2.13. The fraction of sp³-hybridized carbons (Fsp3) is 0.500. The number of ether oxygens (including phenoxy) is 2. The highest BCUT2D eigenvalue weighted by Gasteiger charge is 2.28. The van der Waals surface area contributed by atoms with Crippen molar-refractivity contribution in [2.75, 3.05) is 27.3 Å². The molecule has 0 aliphatic heterocycles. The highest BCUT2D eigenvalue weighted by molar-refractivity contribution is 5.77. The summed E-state index contributed by atoms with van der Waals surface area (Å²) in [7, 11) is 3.09. The van der Waals surface area contributed by atoms with Crippen molar-refractivity contribution in [3.63, 3.8) is 0 Å². The van der Waals surface area contributed by atoms with Crippen LogP contribution >= 0.6 is 0 Å². The minimum Gasteiger partial charge on any atom is -0.497 e. The van der Waals surface area contributed by atoms with E-state index < -0.39 is 12.0 Å². The normalized spacial score (nSPS) is 12.3. The lowest BCUT2D eigenvalue weighted by molar-refractivity contribution is -0.143. The van der Waals surface area contributed by atoms with Crippen LogP contribution in [-0.4, -0.2) is 43.3 Å². The number of aliphatic carboxylic acids is 1. The molecular formula is C14H21NO4. The standard InChI is InChI=1S/C14H21NO4/c1-5-15(6-2)13(14(16)17)11-9-10(18-3)7-8-12(11)19-4/h7-9,13H,5-6H2,1-4H3,(H,16,17).